The van der Waals surface area contributed by atoms with Gasteiger partial charge >= 0.3 is 0 Å². The zero-order valence-electron chi connectivity index (χ0n) is 18.0. The number of hydrogen-bond donors (Lipinski definition) is 1. The van der Waals surface area contributed by atoms with Crippen LogP contribution in [0.3, 0.4) is 0 Å². The standard InChI is InChI=1S/C22H28N4O4S2/c27-20(14-31-22-25-24-21(32-22)23-13-16-4-2-9-28-16)26-8-1-5-17(26)15-6-7-18-19(12-15)30-11-3-10-29-18/h6-7,12,16-17H,1-5,8-11,13-14H2,(H,23,24)/t16-,17-/m0/s1. The third-order valence-corrected chi connectivity index (χ3v) is 7.96. The predicted octanol–water partition coefficient (Wildman–Crippen LogP) is 3.75. The molecule has 0 spiro atoms. The van der Waals surface area contributed by atoms with E-state index in [1.165, 1.54) is 23.1 Å². The Morgan fingerprint density at radius 2 is 2.03 bits per heavy atom. The Morgan fingerprint density at radius 3 is 2.91 bits per heavy atom. The molecule has 1 N–H and O–H groups in total. The number of ether oxygens (including phenoxy) is 3. The Morgan fingerprint density at radius 1 is 1.12 bits per heavy atom. The topological polar surface area (TPSA) is 85.8 Å². The number of anilines is 1. The van der Waals surface area contributed by atoms with Crippen LogP contribution in [0.2, 0.25) is 0 Å². The minimum absolute atomic E-state index is 0.0818. The number of nitrogens with zero attached hydrogens (tertiary/aromatic N) is 3. The minimum atomic E-state index is 0.0818. The summed E-state index contributed by atoms with van der Waals surface area (Å²) in [5.74, 6) is 2.07. The maximum Gasteiger partial charge on any atom is 0.233 e. The van der Waals surface area contributed by atoms with E-state index in [0.717, 1.165) is 78.3 Å². The predicted molar refractivity (Wildman–Crippen MR) is 124 cm³/mol. The van der Waals surface area contributed by atoms with Crippen LogP contribution in [0.15, 0.2) is 22.5 Å². The van der Waals surface area contributed by atoms with Crippen LogP contribution < -0.4 is 14.8 Å². The number of hydrogen-bond acceptors (Lipinski definition) is 9. The lowest BCUT2D eigenvalue weighted by Crippen LogP contribution is -2.32. The largest absolute Gasteiger partial charge is 0.490 e. The second-order valence-electron chi connectivity index (χ2n) is 8.18. The van der Waals surface area contributed by atoms with Gasteiger partial charge in [-0.3, -0.25) is 4.79 Å². The SMILES string of the molecule is O=C(CSc1nnc(NC[C@@H]2CCCO2)s1)N1CCC[C@H]1c1ccc2c(c1)OCCCO2. The normalized spacial score (nSPS) is 22.7. The summed E-state index contributed by atoms with van der Waals surface area (Å²) in [6, 6.07) is 6.16. The fourth-order valence-corrected chi connectivity index (χ4v) is 6.00. The second-order valence-corrected chi connectivity index (χ2v) is 10.4. The minimum Gasteiger partial charge on any atom is -0.490 e. The van der Waals surface area contributed by atoms with Crippen molar-refractivity contribution in [2.24, 2.45) is 0 Å². The molecule has 1 aromatic heterocycles. The van der Waals surface area contributed by atoms with Gasteiger partial charge in [-0.1, -0.05) is 29.2 Å². The highest BCUT2D eigenvalue weighted by atomic mass is 32.2. The summed E-state index contributed by atoms with van der Waals surface area (Å²) in [5, 5.41) is 12.5. The Bertz CT molecular complexity index is 934. The van der Waals surface area contributed by atoms with Gasteiger partial charge in [0.1, 0.15) is 0 Å². The zero-order valence-corrected chi connectivity index (χ0v) is 19.6. The average molecular weight is 477 g/mol. The molecule has 5 rings (SSSR count). The maximum atomic E-state index is 13.0. The van der Waals surface area contributed by atoms with Gasteiger partial charge in [-0.2, -0.15) is 0 Å². The first-order valence-corrected chi connectivity index (χ1v) is 13.1. The molecule has 2 atom stereocenters. The van der Waals surface area contributed by atoms with Crippen molar-refractivity contribution in [3.8, 4) is 11.5 Å². The Kier molecular flexibility index (Phi) is 6.99. The van der Waals surface area contributed by atoms with Crippen LogP contribution in [0.5, 0.6) is 11.5 Å². The van der Waals surface area contributed by atoms with Gasteiger partial charge in [-0.05, 0) is 43.4 Å². The highest BCUT2D eigenvalue weighted by Crippen LogP contribution is 2.38. The molecule has 32 heavy (non-hydrogen) atoms. The highest BCUT2D eigenvalue weighted by Gasteiger charge is 2.31. The molecule has 2 saturated heterocycles. The first kappa shape index (κ1) is 21.8. The monoisotopic (exact) mass is 476 g/mol. The number of carbonyl (C=O) groups is 1. The summed E-state index contributed by atoms with van der Waals surface area (Å²) < 4.78 is 18.0. The number of amides is 1. The first-order chi connectivity index (χ1) is 15.8. The van der Waals surface area contributed by atoms with Gasteiger partial charge in [0.05, 0.1) is 31.1 Å². The van der Waals surface area contributed by atoms with E-state index in [-0.39, 0.29) is 18.1 Å². The second kappa shape index (κ2) is 10.3. The number of carbonyl (C=O) groups excluding carboxylic acids is 1. The summed E-state index contributed by atoms with van der Waals surface area (Å²) >= 11 is 2.94. The molecule has 10 heteroatoms. The Hall–Kier alpha value is -2.04. The van der Waals surface area contributed by atoms with Crippen molar-refractivity contribution < 1.29 is 19.0 Å². The number of likely N-dealkylation sites (tertiary alicyclic amines) is 1. The lowest BCUT2D eigenvalue weighted by Gasteiger charge is -2.25. The number of benzene rings is 1. The summed E-state index contributed by atoms with van der Waals surface area (Å²) in [6.45, 7) is 3.71. The van der Waals surface area contributed by atoms with E-state index in [1.54, 1.807) is 0 Å². The molecule has 1 amide bonds. The summed E-state index contributed by atoms with van der Waals surface area (Å²) in [7, 11) is 0. The van der Waals surface area contributed by atoms with E-state index in [2.05, 4.69) is 21.6 Å². The molecular formula is C22H28N4O4S2. The van der Waals surface area contributed by atoms with Crippen molar-refractivity contribution >= 4 is 34.1 Å². The molecule has 0 aliphatic carbocycles. The molecule has 0 unspecified atom stereocenters. The van der Waals surface area contributed by atoms with Crippen LogP contribution in [0.1, 0.15) is 43.7 Å². The van der Waals surface area contributed by atoms with E-state index >= 15 is 0 Å². The number of aromatic nitrogens is 2. The van der Waals surface area contributed by atoms with E-state index in [9.17, 15) is 4.79 Å². The van der Waals surface area contributed by atoms with Gasteiger partial charge in [-0.25, -0.2) is 0 Å². The molecule has 3 aliphatic rings. The molecule has 172 valence electrons. The number of fused-ring (bicyclic) bond motifs is 1. The molecule has 3 aliphatic heterocycles. The van der Waals surface area contributed by atoms with Gasteiger partial charge in [0.15, 0.2) is 15.8 Å². The number of rotatable bonds is 7. The molecule has 4 heterocycles. The molecule has 8 nitrogen and oxygen atoms in total. The fourth-order valence-electron chi connectivity index (χ4n) is 4.35. The first-order valence-electron chi connectivity index (χ1n) is 11.3. The number of thioether (sulfide) groups is 1. The molecular weight excluding hydrogens is 448 g/mol. The van der Waals surface area contributed by atoms with Gasteiger partial charge in [0, 0.05) is 26.1 Å². The fraction of sp³-hybridized carbons (Fsp3) is 0.591. The van der Waals surface area contributed by atoms with Crippen molar-refractivity contribution in [1.82, 2.24) is 15.1 Å². The maximum absolute atomic E-state index is 13.0. The summed E-state index contributed by atoms with van der Waals surface area (Å²) in [5.41, 5.74) is 1.11. The molecule has 2 fully saturated rings. The average Bonchev–Trinajstić information content (AvgIpc) is 3.56. The van der Waals surface area contributed by atoms with Gasteiger partial charge in [0.2, 0.25) is 11.0 Å². The molecule has 1 aromatic carbocycles. The number of nitrogens with one attached hydrogen (secondary N) is 1. The van der Waals surface area contributed by atoms with Crippen LogP contribution in [-0.2, 0) is 9.53 Å². The quantitative estimate of drug-likeness (QED) is 0.605. The highest BCUT2D eigenvalue weighted by molar-refractivity contribution is 8.01. The molecule has 0 saturated carbocycles. The van der Waals surface area contributed by atoms with Crippen molar-refractivity contribution in [1.29, 1.82) is 0 Å². The van der Waals surface area contributed by atoms with Crippen LogP contribution >= 0.6 is 23.1 Å². The van der Waals surface area contributed by atoms with Crippen molar-refractivity contribution in [2.75, 3.05) is 44.0 Å². The van der Waals surface area contributed by atoms with Gasteiger partial charge < -0.3 is 24.4 Å². The third kappa shape index (κ3) is 5.13. The lowest BCUT2D eigenvalue weighted by atomic mass is 10.0. The van der Waals surface area contributed by atoms with E-state index < -0.39 is 0 Å². The Balaban J connectivity index is 1.16. The van der Waals surface area contributed by atoms with Gasteiger partial charge in [0.25, 0.3) is 0 Å². The summed E-state index contributed by atoms with van der Waals surface area (Å²) in [6.07, 6.45) is 5.32. The van der Waals surface area contributed by atoms with Crippen molar-refractivity contribution in [3.05, 3.63) is 23.8 Å². The smallest absolute Gasteiger partial charge is 0.233 e. The lowest BCUT2D eigenvalue weighted by molar-refractivity contribution is -0.129. The van der Waals surface area contributed by atoms with E-state index in [4.69, 9.17) is 14.2 Å². The Labute approximate surface area is 196 Å². The van der Waals surface area contributed by atoms with Crippen LogP contribution in [0.4, 0.5) is 5.13 Å². The third-order valence-electron chi connectivity index (χ3n) is 5.96. The summed E-state index contributed by atoms with van der Waals surface area (Å²) in [4.78, 5) is 15.0. The van der Waals surface area contributed by atoms with Crippen LogP contribution in [0, 0.1) is 0 Å². The van der Waals surface area contributed by atoms with E-state index in [0.29, 0.717) is 19.0 Å². The molecule has 0 radical (unpaired) electrons. The van der Waals surface area contributed by atoms with Crippen molar-refractivity contribution in [3.63, 3.8) is 0 Å². The zero-order chi connectivity index (χ0) is 21.8. The van der Waals surface area contributed by atoms with Crippen molar-refractivity contribution in [2.45, 2.75) is 48.6 Å². The van der Waals surface area contributed by atoms with Crippen LogP contribution in [0.25, 0.3) is 0 Å². The molecule has 0 bridgehead atoms. The molecule has 2 aromatic rings. The van der Waals surface area contributed by atoms with Gasteiger partial charge in [-0.15, -0.1) is 10.2 Å². The van der Waals surface area contributed by atoms with Crippen LogP contribution in [-0.4, -0.2) is 65.8 Å². The van der Waals surface area contributed by atoms with E-state index in [1.807, 2.05) is 17.0 Å².